The fraction of sp³-hybridized carbons (Fsp3) is 0.600. The van der Waals surface area contributed by atoms with Gasteiger partial charge in [0.2, 0.25) is 0 Å². The van der Waals surface area contributed by atoms with Gasteiger partial charge in [-0.3, -0.25) is 0 Å². The summed E-state index contributed by atoms with van der Waals surface area (Å²) in [5.41, 5.74) is 3.06. The van der Waals surface area contributed by atoms with Crippen LogP contribution in [0, 0.1) is 5.92 Å². The van der Waals surface area contributed by atoms with Crippen molar-refractivity contribution in [3.8, 4) is 0 Å². The van der Waals surface area contributed by atoms with Gasteiger partial charge >= 0.3 is 0 Å². The number of rotatable bonds is 2. The van der Waals surface area contributed by atoms with Gasteiger partial charge in [0.15, 0.2) is 0 Å². The highest BCUT2D eigenvalue weighted by atomic mass is 15.2. The quantitative estimate of drug-likeness (QED) is 0.634. The third kappa shape index (κ3) is 2.40. The Balaban J connectivity index is 2.15. The molecular weight excluding hydrogens is 194 g/mol. The topological polar surface area (TPSA) is 3.24 Å². The zero-order valence-electron chi connectivity index (χ0n) is 10.7. The molecule has 0 bridgehead atoms. The van der Waals surface area contributed by atoms with Gasteiger partial charge in [-0.1, -0.05) is 37.6 Å². The van der Waals surface area contributed by atoms with Crippen molar-refractivity contribution in [3.05, 3.63) is 35.6 Å². The Hall–Kier alpha value is -0.980. The van der Waals surface area contributed by atoms with E-state index in [9.17, 15) is 0 Å². The first-order valence-electron chi connectivity index (χ1n) is 6.52. The number of allylic oxidation sites excluding steroid dienone is 3. The maximum absolute atomic E-state index is 2.53. The maximum Gasteiger partial charge on any atom is 0.0444 e. The Morgan fingerprint density at radius 2 is 2.12 bits per heavy atom. The van der Waals surface area contributed by atoms with E-state index in [-0.39, 0.29) is 0 Å². The van der Waals surface area contributed by atoms with Gasteiger partial charge in [-0.25, -0.2) is 0 Å². The molecule has 0 aromatic rings. The molecule has 0 radical (unpaired) electrons. The van der Waals surface area contributed by atoms with Crippen LogP contribution in [0.3, 0.4) is 0 Å². The summed E-state index contributed by atoms with van der Waals surface area (Å²) >= 11 is 0. The lowest BCUT2D eigenvalue weighted by molar-refractivity contribution is 0.306. The Bertz CT molecular complexity index is 333. The second-order valence-electron chi connectivity index (χ2n) is 5.19. The predicted octanol–water partition coefficient (Wildman–Crippen LogP) is 3.90. The first-order chi connectivity index (χ1) is 7.68. The Morgan fingerprint density at radius 3 is 2.81 bits per heavy atom. The van der Waals surface area contributed by atoms with Gasteiger partial charge in [-0.05, 0) is 38.2 Å². The fourth-order valence-corrected chi connectivity index (χ4v) is 2.54. The second kappa shape index (κ2) is 4.90. The molecule has 1 aliphatic heterocycles. The molecule has 1 heteroatoms. The Kier molecular flexibility index (Phi) is 3.52. The van der Waals surface area contributed by atoms with Crippen LogP contribution in [0.5, 0.6) is 0 Å². The highest BCUT2D eigenvalue weighted by Crippen LogP contribution is 2.27. The van der Waals surface area contributed by atoms with E-state index in [1.165, 1.54) is 31.5 Å². The standard InChI is InChI=1S/C15H23N/c1-12(2)14-8-6-9-15(11-14)16-10-5-4-7-13(16)3/h4,7,9,11-13H,5-6,8,10H2,1-3H3. The molecule has 1 atom stereocenters. The molecule has 0 spiro atoms. The third-order valence-corrected chi connectivity index (χ3v) is 3.64. The lowest BCUT2D eigenvalue weighted by atomic mass is 9.92. The Labute approximate surface area is 99.5 Å². The maximum atomic E-state index is 2.53. The molecule has 1 heterocycles. The zero-order valence-corrected chi connectivity index (χ0v) is 10.7. The molecule has 0 aromatic heterocycles. The average Bonchev–Trinajstić information content (AvgIpc) is 2.30. The largest absolute Gasteiger partial charge is 0.365 e. The van der Waals surface area contributed by atoms with Crippen molar-refractivity contribution in [2.45, 2.75) is 46.1 Å². The van der Waals surface area contributed by atoms with Gasteiger partial charge in [0.05, 0.1) is 0 Å². The Morgan fingerprint density at radius 1 is 1.31 bits per heavy atom. The molecule has 0 saturated heterocycles. The molecule has 0 saturated carbocycles. The van der Waals surface area contributed by atoms with E-state index < -0.39 is 0 Å². The van der Waals surface area contributed by atoms with Gasteiger partial charge in [-0.2, -0.15) is 0 Å². The van der Waals surface area contributed by atoms with E-state index in [1.807, 2.05) is 0 Å². The predicted molar refractivity (Wildman–Crippen MR) is 70.2 cm³/mol. The monoisotopic (exact) mass is 217 g/mol. The van der Waals surface area contributed by atoms with Crippen molar-refractivity contribution in [3.63, 3.8) is 0 Å². The second-order valence-corrected chi connectivity index (χ2v) is 5.19. The summed E-state index contributed by atoms with van der Waals surface area (Å²) in [6.45, 7) is 8.06. The minimum atomic E-state index is 0.558. The minimum Gasteiger partial charge on any atom is -0.365 e. The molecular formula is C15H23N. The van der Waals surface area contributed by atoms with Crippen molar-refractivity contribution in [2.24, 2.45) is 5.92 Å². The van der Waals surface area contributed by atoms with Crippen molar-refractivity contribution in [1.82, 2.24) is 4.90 Å². The molecule has 1 aliphatic carbocycles. The van der Waals surface area contributed by atoms with E-state index in [2.05, 4.69) is 50.0 Å². The zero-order chi connectivity index (χ0) is 11.5. The molecule has 2 rings (SSSR count). The van der Waals surface area contributed by atoms with E-state index in [1.54, 1.807) is 5.57 Å². The lowest BCUT2D eigenvalue weighted by Crippen LogP contribution is -2.34. The molecule has 0 N–H and O–H groups in total. The highest BCUT2D eigenvalue weighted by molar-refractivity contribution is 5.29. The van der Waals surface area contributed by atoms with Crippen molar-refractivity contribution in [2.75, 3.05) is 6.54 Å². The van der Waals surface area contributed by atoms with Crippen LogP contribution in [-0.4, -0.2) is 17.5 Å². The molecule has 88 valence electrons. The summed E-state index contributed by atoms with van der Waals surface area (Å²) in [6.07, 6.45) is 13.1. The van der Waals surface area contributed by atoms with Crippen LogP contribution in [0.15, 0.2) is 35.6 Å². The van der Waals surface area contributed by atoms with Crippen LogP contribution in [0.2, 0.25) is 0 Å². The van der Waals surface area contributed by atoms with Crippen LogP contribution in [-0.2, 0) is 0 Å². The smallest absolute Gasteiger partial charge is 0.0444 e. The van der Waals surface area contributed by atoms with E-state index in [0.717, 1.165) is 0 Å². The van der Waals surface area contributed by atoms with Gasteiger partial charge in [0, 0.05) is 18.3 Å². The molecule has 0 fully saturated rings. The van der Waals surface area contributed by atoms with Gasteiger partial charge in [0.1, 0.15) is 0 Å². The third-order valence-electron chi connectivity index (χ3n) is 3.64. The van der Waals surface area contributed by atoms with Crippen LogP contribution >= 0.6 is 0 Å². The van der Waals surface area contributed by atoms with Crippen molar-refractivity contribution < 1.29 is 0 Å². The van der Waals surface area contributed by atoms with Gasteiger partial charge in [-0.15, -0.1) is 0 Å². The SMILES string of the molecule is CC(C)C1=CC(N2CCC=CC2C)=CCC1. The normalized spacial score (nSPS) is 25.8. The lowest BCUT2D eigenvalue weighted by Gasteiger charge is -2.35. The summed E-state index contributed by atoms with van der Waals surface area (Å²) in [6, 6.07) is 0.558. The van der Waals surface area contributed by atoms with E-state index in [4.69, 9.17) is 0 Å². The summed E-state index contributed by atoms with van der Waals surface area (Å²) < 4.78 is 0. The van der Waals surface area contributed by atoms with E-state index in [0.29, 0.717) is 12.0 Å². The fourth-order valence-electron chi connectivity index (χ4n) is 2.54. The van der Waals surface area contributed by atoms with Gasteiger partial charge < -0.3 is 4.90 Å². The molecule has 0 amide bonds. The summed E-state index contributed by atoms with van der Waals surface area (Å²) in [5.74, 6) is 0.694. The summed E-state index contributed by atoms with van der Waals surface area (Å²) in [4.78, 5) is 2.53. The number of nitrogens with zero attached hydrogens (tertiary/aromatic N) is 1. The van der Waals surface area contributed by atoms with Crippen LogP contribution in [0.25, 0.3) is 0 Å². The molecule has 16 heavy (non-hydrogen) atoms. The van der Waals surface area contributed by atoms with Gasteiger partial charge in [0.25, 0.3) is 0 Å². The highest BCUT2D eigenvalue weighted by Gasteiger charge is 2.18. The average molecular weight is 217 g/mol. The first kappa shape index (κ1) is 11.5. The minimum absolute atomic E-state index is 0.558. The van der Waals surface area contributed by atoms with Crippen molar-refractivity contribution >= 4 is 0 Å². The van der Waals surface area contributed by atoms with Crippen molar-refractivity contribution in [1.29, 1.82) is 0 Å². The number of hydrogen-bond donors (Lipinski definition) is 0. The van der Waals surface area contributed by atoms with E-state index >= 15 is 0 Å². The van der Waals surface area contributed by atoms with Crippen LogP contribution < -0.4 is 0 Å². The summed E-state index contributed by atoms with van der Waals surface area (Å²) in [5, 5.41) is 0. The molecule has 0 aromatic carbocycles. The molecule has 2 aliphatic rings. The summed E-state index contributed by atoms with van der Waals surface area (Å²) in [7, 11) is 0. The molecule has 1 unspecified atom stereocenters. The number of hydrogen-bond acceptors (Lipinski definition) is 1. The van der Waals surface area contributed by atoms with Crippen LogP contribution in [0.1, 0.15) is 40.0 Å². The van der Waals surface area contributed by atoms with Crippen LogP contribution in [0.4, 0.5) is 0 Å². The first-order valence-corrected chi connectivity index (χ1v) is 6.52. The molecule has 1 nitrogen and oxygen atoms in total.